The Bertz CT molecular complexity index is 350. The Hall–Kier alpha value is -1.08. The molecule has 1 aromatic rings. The predicted octanol–water partition coefficient (Wildman–Crippen LogP) is 0.834. The van der Waals surface area contributed by atoms with Crippen molar-refractivity contribution in [3.63, 3.8) is 0 Å². The van der Waals surface area contributed by atoms with Gasteiger partial charge in [-0.2, -0.15) is 18.3 Å². The van der Waals surface area contributed by atoms with Gasteiger partial charge < -0.3 is 9.84 Å². The molecular formula is C8H9F3N2O2. The summed E-state index contributed by atoms with van der Waals surface area (Å²) in [7, 11) is 0. The van der Waals surface area contributed by atoms with E-state index >= 15 is 0 Å². The molecule has 0 aromatic carbocycles. The number of ether oxygens (including phenoxy) is 1. The summed E-state index contributed by atoms with van der Waals surface area (Å²) < 4.78 is 42.7. The van der Waals surface area contributed by atoms with Gasteiger partial charge in [0.25, 0.3) is 0 Å². The smallest absolute Gasteiger partial charge is 0.388 e. The van der Waals surface area contributed by atoms with Gasteiger partial charge in [0.2, 0.25) is 0 Å². The third kappa shape index (κ3) is 1.98. The van der Waals surface area contributed by atoms with Gasteiger partial charge in [0, 0.05) is 6.20 Å². The number of hydrogen-bond acceptors (Lipinski definition) is 3. The molecule has 1 aliphatic rings. The van der Waals surface area contributed by atoms with Crippen LogP contribution in [-0.4, -0.2) is 34.2 Å². The van der Waals surface area contributed by atoms with E-state index in [4.69, 9.17) is 4.74 Å². The van der Waals surface area contributed by atoms with E-state index < -0.39 is 24.0 Å². The number of hydrogen-bond donors (Lipinski definition) is 1. The summed E-state index contributed by atoms with van der Waals surface area (Å²) in [5.74, 6) is 0. The number of nitrogens with zero attached hydrogens (tertiary/aromatic N) is 2. The topological polar surface area (TPSA) is 47.3 Å². The average molecular weight is 222 g/mol. The van der Waals surface area contributed by atoms with Crippen LogP contribution in [0, 0.1) is 0 Å². The lowest BCUT2D eigenvalue weighted by atomic mass is 10.2. The molecule has 2 heterocycles. The zero-order valence-electron chi connectivity index (χ0n) is 7.61. The normalized spacial score (nSPS) is 27.2. The maximum Gasteiger partial charge on any atom is 0.435 e. The monoisotopic (exact) mass is 222 g/mol. The lowest BCUT2D eigenvalue weighted by molar-refractivity contribution is -0.141. The predicted molar refractivity (Wildman–Crippen MR) is 43.1 cm³/mol. The Balaban J connectivity index is 2.20. The van der Waals surface area contributed by atoms with Gasteiger partial charge in [0.15, 0.2) is 5.69 Å². The van der Waals surface area contributed by atoms with Crippen molar-refractivity contribution in [2.75, 3.05) is 13.2 Å². The lowest BCUT2D eigenvalue weighted by Gasteiger charge is -2.12. The SMILES string of the molecule is OC1COCC1n1ccc(C(F)(F)F)n1. The molecule has 4 nitrogen and oxygen atoms in total. The van der Waals surface area contributed by atoms with E-state index in [2.05, 4.69) is 5.10 Å². The molecule has 0 spiro atoms. The van der Waals surface area contributed by atoms with Crippen LogP contribution >= 0.6 is 0 Å². The second kappa shape index (κ2) is 3.49. The summed E-state index contributed by atoms with van der Waals surface area (Å²) in [5, 5.41) is 12.8. The van der Waals surface area contributed by atoms with E-state index in [-0.39, 0.29) is 13.2 Å². The van der Waals surface area contributed by atoms with Gasteiger partial charge in [-0.25, -0.2) is 0 Å². The van der Waals surface area contributed by atoms with Crippen LogP contribution in [0.15, 0.2) is 12.3 Å². The molecule has 1 fully saturated rings. The third-order valence-electron chi connectivity index (χ3n) is 2.26. The Labute approximate surface area is 83.3 Å². The number of aromatic nitrogens is 2. The van der Waals surface area contributed by atoms with Gasteiger partial charge in [-0.3, -0.25) is 4.68 Å². The molecule has 15 heavy (non-hydrogen) atoms. The average Bonchev–Trinajstić information content (AvgIpc) is 2.69. The second-order valence-electron chi connectivity index (χ2n) is 3.35. The molecule has 84 valence electrons. The van der Waals surface area contributed by atoms with Crippen LogP contribution in [0.25, 0.3) is 0 Å². The molecule has 0 radical (unpaired) electrons. The summed E-state index contributed by atoms with van der Waals surface area (Å²) in [6, 6.07) is 0.353. The first-order chi connectivity index (χ1) is 6.98. The third-order valence-corrected chi connectivity index (χ3v) is 2.26. The Morgan fingerprint density at radius 2 is 2.20 bits per heavy atom. The summed E-state index contributed by atoms with van der Waals surface area (Å²) in [5.41, 5.74) is -0.957. The Morgan fingerprint density at radius 3 is 2.67 bits per heavy atom. The fraction of sp³-hybridized carbons (Fsp3) is 0.625. The molecular weight excluding hydrogens is 213 g/mol. The van der Waals surface area contributed by atoms with Crippen LogP contribution < -0.4 is 0 Å². The highest BCUT2D eigenvalue weighted by atomic mass is 19.4. The van der Waals surface area contributed by atoms with Gasteiger partial charge in [-0.1, -0.05) is 0 Å². The summed E-state index contributed by atoms with van der Waals surface area (Å²) in [4.78, 5) is 0. The van der Waals surface area contributed by atoms with Crippen molar-refractivity contribution in [1.82, 2.24) is 9.78 Å². The number of aliphatic hydroxyl groups is 1. The van der Waals surface area contributed by atoms with E-state index in [9.17, 15) is 18.3 Å². The number of alkyl halides is 3. The highest BCUT2D eigenvalue weighted by molar-refractivity contribution is 5.04. The number of rotatable bonds is 1. The van der Waals surface area contributed by atoms with Crippen LogP contribution in [-0.2, 0) is 10.9 Å². The molecule has 1 saturated heterocycles. The maximum atomic E-state index is 12.2. The summed E-state index contributed by atoms with van der Waals surface area (Å²) >= 11 is 0. The molecule has 7 heteroatoms. The molecule has 2 unspecified atom stereocenters. The van der Waals surface area contributed by atoms with Gasteiger partial charge in [0.1, 0.15) is 12.1 Å². The first-order valence-electron chi connectivity index (χ1n) is 4.36. The fourth-order valence-corrected chi connectivity index (χ4v) is 1.46. The number of aliphatic hydroxyl groups excluding tert-OH is 1. The van der Waals surface area contributed by atoms with E-state index in [0.717, 1.165) is 10.7 Å². The molecule has 0 amide bonds. The highest BCUT2D eigenvalue weighted by Crippen LogP contribution is 2.28. The molecule has 1 N–H and O–H groups in total. The van der Waals surface area contributed by atoms with E-state index in [1.165, 1.54) is 6.20 Å². The van der Waals surface area contributed by atoms with Gasteiger partial charge >= 0.3 is 6.18 Å². The standard InChI is InChI=1S/C8H9F3N2O2/c9-8(10,11)7-1-2-13(12-7)5-3-15-4-6(5)14/h1-2,5-6,14H,3-4H2. The van der Waals surface area contributed by atoms with Crippen molar-refractivity contribution >= 4 is 0 Å². The molecule has 1 aliphatic heterocycles. The molecule has 0 saturated carbocycles. The molecule has 1 aromatic heterocycles. The van der Waals surface area contributed by atoms with Gasteiger partial charge in [-0.05, 0) is 6.07 Å². The summed E-state index contributed by atoms with van der Waals surface area (Å²) in [6.45, 7) is 0.312. The largest absolute Gasteiger partial charge is 0.435 e. The number of halogens is 3. The molecule has 2 rings (SSSR count). The van der Waals surface area contributed by atoms with Crippen molar-refractivity contribution in [3.05, 3.63) is 18.0 Å². The quantitative estimate of drug-likeness (QED) is 0.765. The second-order valence-corrected chi connectivity index (χ2v) is 3.35. The van der Waals surface area contributed by atoms with Crippen LogP contribution in [0.4, 0.5) is 13.2 Å². The van der Waals surface area contributed by atoms with Crippen LogP contribution in [0.3, 0.4) is 0 Å². The van der Waals surface area contributed by atoms with Gasteiger partial charge in [-0.15, -0.1) is 0 Å². The van der Waals surface area contributed by atoms with E-state index in [1.807, 2.05) is 0 Å². The zero-order chi connectivity index (χ0) is 11.1. The lowest BCUT2D eigenvalue weighted by Crippen LogP contribution is -2.23. The first kappa shape index (κ1) is 10.4. The van der Waals surface area contributed by atoms with Crippen LogP contribution in [0.5, 0.6) is 0 Å². The zero-order valence-corrected chi connectivity index (χ0v) is 7.61. The molecule has 0 bridgehead atoms. The minimum atomic E-state index is -4.45. The first-order valence-corrected chi connectivity index (χ1v) is 4.36. The van der Waals surface area contributed by atoms with Crippen molar-refractivity contribution in [2.45, 2.75) is 18.3 Å². The van der Waals surface area contributed by atoms with Crippen molar-refractivity contribution in [3.8, 4) is 0 Å². The minimum absolute atomic E-state index is 0.131. The summed E-state index contributed by atoms with van der Waals surface area (Å²) in [6.07, 6.45) is -4.05. The Kier molecular flexibility index (Phi) is 2.43. The minimum Gasteiger partial charge on any atom is -0.388 e. The highest BCUT2D eigenvalue weighted by Gasteiger charge is 2.35. The van der Waals surface area contributed by atoms with Crippen LogP contribution in [0.2, 0.25) is 0 Å². The van der Waals surface area contributed by atoms with Crippen molar-refractivity contribution < 1.29 is 23.0 Å². The van der Waals surface area contributed by atoms with Gasteiger partial charge in [0.05, 0.1) is 13.2 Å². The molecule has 2 atom stereocenters. The molecule has 0 aliphatic carbocycles. The maximum absolute atomic E-state index is 12.2. The van der Waals surface area contributed by atoms with Crippen molar-refractivity contribution in [2.24, 2.45) is 0 Å². The van der Waals surface area contributed by atoms with Crippen molar-refractivity contribution in [1.29, 1.82) is 0 Å². The Morgan fingerprint density at radius 1 is 1.47 bits per heavy atom. The van der Waals surface area contributed by atoms with Crippen LogP contribution in [0.1, 0.15) is 11.7 Å². The van der Waals surface area contributed by atoms with E-state index in [0.29, 0.717) is 0 Å². The fourth-order valence-electron chi connectivity index (χ4n) is 1.46. The van der Waals surface area contributed by atoms with E-state index in [1.54, 1.807) is 0 Å².